The molecule has 3 aromatic carbocycles. The number of rotatable bonds is 4. The zero-order valence-corrected chi connectivity index (χ0v) is 15.0. The molecular formula is C21H16ClFN2O2. The van der Waals surface area contributed by atoms with E-state index in [0.29, 0.717) is 5.69 Å². The van der Waals surface area contributed by atoms with Crippen molar-refractivity contribution in [2.45, 2.75) is 6.54 Å². The van der Waals surface area contributed by atoms with Gasteiger partial charge in [-0.25, -0.2) is 4.39 Å². The maximum atomic E-state index is 13.3. The first-order valence-corrected chi connectivity index (χ1v) is 8.59. The zero-order valence-electron chi connectivity index (χ0n) is 14.2. The predicted molar refractivity (Wildman–Crippen MR) is 104 cm³/mol. The molecule has 1 N–H and O–H groups in total. The van der Waals surface area contributed by atoms with Crippen LogP contribution in [0.2, 0.25) is 5.02 Å². The third-order valence-corrected chi connectivity index (χ3v) is 4.16. The minimum atomic E-state index is -0.836. The molecule has 0 radical (unpaired) electrons. The third-order valence-electron chi connectivity index (χ3n) is 3.87. The Bertz CT molecular complexity index is 949. The quantitative estimate of drug-likeness (QED) is 0.668. The van der Waals surface area contributed by atoms with Gasteiger partial charge in [-0.1, -0.05) is 60.1 Å². The maximum Gasteiger partial charge on any atom is 0.316 e. The number of nitrogens with zero attached hydrogens (tertiary/aromatic N) is 1. The topological polar surface area (TPSA) is 49.4 Å². The van der Waals surface area contributed by atoms with Gasteiger partial charge < -0.3 is 5.32 Å². The van der Waals surface area contributed by atoms with E-state index >= 15 is 0 Å². The fourth-order valence-corrected chi connectivity index (χ4v) is 2.72. The van der Waals surface area contributed by atoms with Gasteiger partial charge in [0.2, 0.25) is 0 Å². The Morgan fingerprint density at radius 2 is 1.56 bits per heavy atom. The second-order valence-corrected chi connectivity index (χ2v) is 6.20. The van der Waals surface area contributed by atoms with Gasteiger partial charge in [0.05, 0.1) is 11.6 Å². The molecule has 0 saturated carbocycles. The van der Waals surface area contributed by atoms with Crippen LogP contribution in [0.3, 0.4) is 0 Å². The first-order chi connectivity index (χ1) is 13.0. The number of carbonyl (C=O) groups excluding carboxylic acids is 2. The van der Waals surface area contributed by atoms with Crippen LogP contribution < -0.4 is 10.2 Å². The molecule has 0 bridgehead atoms. The molecule has 0 aliphatic carbocycles. The number of anilines is 2. The first kappa shape index (κ1) is 18.6. The number of amides is 2. The maximum absolute atomic E-state index is 13.3. The van der Waals surface area contributed by atoms with E-state index in [1.165, 1.54) is 17.0 Å². The summed E-state index contributed by atoms with van der Waals surface area (Å²) in [7, 11) is 0. The molecule has 0 heterocycles. The number of halogens is 2. The number of hydrogen-bond acceptors (Lipinski definition) is 2. The average Bonchev–Trinajstić information content (AvgIpc) is 2.70. The summed E-state index contributed by atoms with van der Waals surface area (Å²) in [5, 5.41) is 2.33. The molecule has 136 valence electrons. The lowest BCUT2D eigenvalue weighted by Crippen LogP contribution is -2.39. The van der Waals surface area contributed by atoms with E-state index in [-0.39, 0.29) is 17.3 Å². The zero-order chi connectivity index (χ0) is 19.2. The minimum absolute atomic E-state index is 0.135. The number of hydrogen-bond donors (Lipinski definition) is 1. The summed E-state index contributed by atoms with van der Waals surface area (Å²) < 4.78 is 13.3. The van der Waals surface area contributed by atoms with Gasteiger partial charge in [-0.05, 0) is 35.9 Å². The molecule has 0 aliphatic heterocycles. The van der Waals surface area contributed by atoms with Crippen molar-refractivity contribution in [1.82, 2.24) is 0 Å². The lowest BCUT2D eigenvalue weighted by Gasteiger charge is -2.22. The largest absolute Gasteiger partial charge is 0.318 e. The molecule has 0 saturated heterocycles. The SMILES string of the molecule is O=C(Nc1ccc(F)c(Cl)c1)C(=O)N(Cc1ccccc1)c1ccccc1. The molecule has 0 aromatic heterocycles. The van der Waals surface area contributed by atoms with Crippen LogP contribution in [-0.4, -0.2) is 11.8 Å². The standard InChI is InChI=1S/C21H16ClFN2O2/c22-18-13-16(11-12-19(18)23)24-20(26)21(27)25(17-9-5-2-6-10-17)14-15-7-3-1-4-8-15/h1-13H,14H2,(H,24,26). The molecule has 0 unspecified atom stereocenters. The Kier molecular flexibility index (Phi) is 5.84. The van der Waals surface area contributed by atoms with Gasteiger partial charge in [-0.15, -0.1) is 0 Å². The van der Waals surface area contributed by atoms with Crippen LogP contribution in [0.5, 0.6) is 0 Å². The summed E-state index contributed by atoms with van der Waals surface area (Å²) in [5.74, 6) is -2.17. The molecule has 2 amide bonds. The Morgan fingerprint density at radius 3 is 2.19 bits per heavy atom. The summed E-state index contributed by atoms with van der Waals surface area (Å²) in [5.41, 5.74) is 1.72. The number of nitrogens with one attached hydrogen (secondary N) is 1. The van der Waals surface area contributed by atoms with Crippen molar-refractivity contribution < 1.29 is 14.0 Å². The van der Waals surface area contributed by atoms with E-state index in [2.05, 4.69) is 5.32 Å². The monoisotopic (exact) mass is 382 g/mol. The van der Waals surface area contributed by atoms with E-state index < -0.39 is 17.6 Å². The van der Waals surface area contributed by atoms with Gasteiger partial charge in [0.15, 0.2) is 0 Å². The highest BCUT2D eigenvalue weighted by atomic mass is 35.5. The molecule has 0 spiro atoms. The fourth-order valence-electron chi connectivity index (χ4n) is 2.54. The van der Waals surface area contributed by atoms with Crippen molar-refractivity contribution in [3.63, 3.8) is 0 Å². The van der Waals surface area contributed by atoms with Crippen LogP contribution >= 0.6 is 11.6 Å². The van der Waals surface area contributed by atoms with Gasteiger partial charge in [-0.2, -0.15) is 0 Å². The predicted octanol–water partition coefficient (Wildman–Crippen LogP) is 4.65. The minimum Gasteiger partial charge on any atom is -0.318 e. The number of carbonyl (C=O) groups is 2. The van der Waals surface area contributed by atoms with E-state index in [1.807, 2.05) is 36.4 Å². The van der Waals surface area contributed by atoms with E-state index in [9.17, 15) is 14.0 Å². The molecule has 0 fully saturated rings. The van der Waals surface area contributed by atoms with E-state index in [4.69, 9.17) is 11.6 Å². The molecule has 27 heavy (non-hydrogen) atoms. The summed E-state index contributed by atoms with van der Waals surface area (Å²) in [6.45, 7) is 0.237. The molecule has 0 atom stereocenters. The van der Waals surface area contributed by atoms with E-state index in [1.54, 1.807) is 24.3 Å². The van der Waals surface area contributed by atoms with Gasteiger partial charge in [0.25, 0.3) is 0 Å². The fraction of sp³-hybridized carbons (Fsp3) is 0.0476. The Labute approximate surface area is 161 Å². The highest BCUT2D eigenvalue weighted by Gasteiger charge is 2.24. The summed E-state index contributed by atoms with van der Waals surface area (Å²) in [4.78, 5) is 26.7. The first-order valence-electron chi connectivity index (χ1n) is 8.21. The molecule has 6 heteroatoms. The molecule has 4 nitrogen and oxygen atoms in total. The van der Waals surface area contributed by atoms with Crippen molar-refractivity contribution in [2.75, 3.05) is 10.2 Å². The Morgan fingerprint density at radius 1 is 0.926 bits per heavy atom. The van der Waals surface area contributed by atoms with Crippen molar-refractivity contribution in [2.24, 2.45) is 0 Å². The Hall–Kier alpha value is -3.18. The lowest BCUT2D eigenvalue weighted by molar-refractivity contribution is -0.134. The molecule has 3 aromatic rings. The normalized spacial score (nSPS) is 10.3. The van der Waals surface area contributed by atoms with Crippen LogP contribution in [-0.2, 0) is 16.1 Å². The number of benzene rings is 3. The Balaban J connectivity index is 1.83. The third kappa shape index (κ3) is 4.71. The lowest BCUT2D eigenvalue weighted by atomic mass is 10.2. The van der Waals surface area contributed by atoms with Crippen LogP contribution in [0.1, 0.15) is 5.56 Å². The molecule has 0 aliphatic rings. The van der Waals surface area contributed by atoms with Gasteiger partial charge >= 0.3 is 11.8 Å². The van der Waals surface area contributed by atoms with Crippen LogP contribution in [0.25, 0.3) is 0 Å². The summed E-state index contributed by atoms with van der Waals surface area (Å²) >= 11 is 5.72. The van der Waals surface area contributed by atoms with Crippen LogP contribution in [0.15, 0.2) is 78.9 Å². The van der Waals surface area contributed by atoms with Crippen molar-refractivity contribution in [1.29, 1.82) is 0 Å². The van der Waals surface area contributed by atoms with Gasteiger partial charge in [-0.3, -0.25) is 14.5 Å². The molecule has 3 rings (SSSR count). The van der Waals surface area contributed by atoms with Crippen LogP contribution in [0, 0.1) is 5.82 Å². The highest BCUT2D eigenvalue weighted by Crippen LogP contribution is 2.21. The van der Waals surface area contributed by atoms with Gasteiger partial charge in [0.1, 0.15) is 5.82 Å². The van der Waals surface area contributed by atoms with Crippen molar-refractivity contribution in [3.05, 3.63) is 95.3 Å². The van der Waals surface area contributed by atoms with Crippen molar-refractivity contribution in [3.8, 4) is 0 Å². The smallest absolute Gasteiger partial charge is 0.316 e. The second-order valence-electron chi connectivity index (χ2n) is 5.80. The summed E-state index contributed by atoms with van der Waals surface area (Å²) in [6, 6.07) is 22.0. The summed E-state index contributed by atoms with van der Waals surface area (Å²) in [6.07, 6.45) is 0. The van der Waals surface area contributed by atoms with Gasteiger partial charge in [0, 0.05) is 11.4 Å². The number of para-hydroxylation sites is 1. The average molecular weight is 383 g/mol. The van der Waals surface area contributed by atoms with Crippen LogP contribution in [0.4, 0.5) is 15.8 Å². The van der Waals surface area contributed by atoms with Crippen molar-refractivity contribution >= 4 is 34.8 Å². The highest BCUT2D eigenvalue weighted by molar-refractivity contribution is 6.44. The van der Waals surface area contributed by atoms with E-state index in [0.717, 1.165) is 11.6 Å². The molecular weight excluding hydrogens is 367 g/mol. The second kappa shape index (κ2) is 8.47.